The largest absolute Gasteiger partial charge is 0.468 e. The Kier molecular flexibility index (Phi) is 5.26. The van der Waals surface area contributed by atoms with Gasteiger partial charge in [0.25, 0.3) is 0 Å². The third kappa shape index (κ3) is 4.10. The van der Waals surface area contributed by atoms with Crippen LogP contribution in [0.15, 0.2) is 21.9 Å². The Balaban J connectivity index is 3.27. The van der Waals surface area contributed by atoms with Crippen LogP contribution in [0.5, 0.6) is 0 Å². The quantitative estimate of drug-likeness (QED) is 0.676. The fraction of sp³-hybridized carbons (Fsp3) is 0.364. The summed E-state index contributed by atoms with van der Waals surface area (Å²) in [5.74, 6) is -0.456. The highest BCUT2D eigenvalue weighted by atomic mass is 35.5. The molecule has 0 bridgehead atoms. The number of esters is 1. The molecule has 0 saturated heterocycles. The van der Waals surface area contributed by atoms with Gasteiger partial charge in [-0.3, -0.25) is 4.79 Å². The van der Waals surface area contributed by atoms with E-state index in [4.69, 9.17) is 16.7 Å². The number of nitrogens with two attached hydrogens (primary N) is 1. The normalized spacial score (nSPS) is 13.1. The smallest absolute Gasteiger partial charge is 0.318 e. The molecule has 0 fully saturated rings. The average Bonchev–Trinajstić information content (AvgIpc) is 2.30. The van der Waals surface area contributed by atoms with E-state index in [1.165, 1.54) is 19.2 Å². The van der Waals surface area contributed by atoms with Gasteiger partial charge in [0.15, 0.2) is 0 Å². The molecule has 0 aliphatic rings. The number of halogens is 1. The first-order valence-electron chi connectivity index (χ1n) is 5.24. The second-order valence-electron chi connectivity index (χ2n) is 3.88. The van der Waals surface area contributed by atoms with Gasteiger partial charge in [-0.15, -0.1) is 11.8 Å². The highest BCUT2D eigenvalue weighted by Gasteiger charge is 2.21. The minimum Gasteiger partial charge on any atom is -0.468 e. The SMILES string of the molecule is COC(=O)C(C)Sc1cc(Cl)c(C)cc1S(N)(=O)=O. The number of benzene rings is 1. The molecule has 0 aliphatic carbocycles. The lowest BCUT2D eigenvalue weighted by molar-refractivity contribution is -0.139. The fourth-order valence-corrected chi connectivity index (χ4v) is 3.69. The molecule has 0 radical (unpaired) electrons. The predicted octanol–water partition coefficient (Wildman–Crippen LogP) is 1.95. The number of methoxy groups -OCH3 is 1. The number of sulfonamides is 1. The maximum absolute atomic E-state index is 11.5. The van der Waals surface area contributed by atoms with Crippen LogP contribution in [0.25, 0.3) is 0 Å². The molecule has 5 nitrogen and oxygen atoms in total. The van der Waals surface area contributed by atoms with Crippen LogP contribution < -0.4 is 5.14 Å². The number of ether oxygens (including phenoxy) is 1. The van der Waals surface area contributed by atoms with Crippen LogP contribution in [0.1, 0.15) is 12.5 Å². The number of primary sulfonamides is 1. The van der Waals surface area contributed by atoms with Gasteiger partial charge in [-0.05, 0) is 31.5 Å². The van der Waals surface area contributed by atoms with E-state index in [1.807, 2.05) is 0 Å². The molecule has 19 heavy (non-hydrogen) atoms. The van der Waals surface area contributed by atoms with Crippen LogP contribution in [0.3, 0.4) is 0 Å². The van der Waals surface area contributed by atoms with Crippen molar-refractivity contribution in [3.05, 3.63) is 22.7 Å². The van der Waals surface area contributed by atoms with Gasteiger partial charge in [0.05, 0.1) is 12.0 Å². The third-order valence-electron chi connectivity index (χ3n) is 2.37. The molecule has 0 heterocycles. The van der Waals surface area contributed by atoms with Gasteiger partial charge in [-0.1, -0.05) is 11.6 Å². The van der Waals surface area contributed by atoms with E-state index in [-0.39, 0.29) is 4.90 Å². The lowest BCUT2D eigenvalue weighted by atomic mass is 10.2. The summed E-state index contributed by atoms with van der Waals surface area (Å²) in [7, 11) is -2.62. The third-order valence-corrected chi connectivity index (χ3v) is 4.99. The summed E-state index contributed by atoms with van der Waals surface area (Å²) in [5.41, 5.74) is 0.598. The van der Waals surface area contributed by atoms with Crippen molar-refractivity contribution < 1.29 is 17.9 Å². The van der Waals surface area contributed by atoms with E-state index >= 15 is 0 Å². The van der Waals surface area contributed by atoms with Crippen LogP contribution in [0, 0.1) is 6.92 Å². The van der Waals surface area contributed by atoms with Crippen LogP contribution in [-0.4, -0.2) is 26.7 Å². The number of carbonyl (C=O) groups excluding carboxylic acids is 1. The number of hydrogen-bond acceptors (Lipinski definition) is 5. The van der Waals surface area contributed by atoms with Crippen LogP contribution in [-0.2, 0) is 19.6 Å². The molecule has 0 aromatic heterocycles. The Hall–Kier alpha value is -0.760. The fourth-order valence-electron chi connectivity index (χ4n) is 1.36. The van der Waals surface area contributed by atoms with Crippen molar-refractivity contribution in [2.45, 2.75) is 28.9 Å². The molecule has 1 atom stereocenters. The van der Waals surface area contributed by atoms with Crippen LogP contribution in [0.2, 0.25) is 5.02 Å². The number of aryl methyl sites for hydroxylation is 1. The van der Waals surface area contributed by atoms with Gasteiger partial charge in [0.2, 0.25) is 10.0 Å². The number of hydrogen-bond donors (Lipinski definition) is 1. The first-order valence-corrected chi connectivity index (χ1v) is 8.04. The van der Waals surface area contributed by atoms with Crippen molar-refractivity contribution in [1.82, 2.24) is 0 Å². The van der Waals surface area contributed by atoms with Crippen molar-refractivity contribution in [3.63, 3.8) is 0 Å². The molecule has 1 aromatic rings. The van der Waals surface area contributed by atoms with Crippen molar-refractivity contribution >= 4 is 39.4 Å². The maximum atomic E-state index is 11.5. The van der Waals surface area contributed by atoms with Gasteiger partial charge < -0.3 is 4.74 Å². The summed E-state index contributed by atoms with van der Waals surface area (Å²) < 4.78 is 27.7. The molecular weight excluding hydrogens is 310 g/mol. The molecule has 8 heteroatoms. The molecule has 1 unspecified atom stereocenters. The minimum absolute atomic E-state index is 0.0462. The Morgan fingerprint density at radius 2 is 2.05 bits per heavy atom. The van der Waals surface area contributed by atoms with E-state index in [1.54, 1.807) is 13.8 Å². The predicted molar refractivity (Wildman–Crippen MR) is 74.9 cm³/mol. The summed E-state index contributed by atoms with van der Waals surface area (Å²) in [4.78, 5) is 11.7. The van der Waals surface area contributed by atoms with E-state index in [0.29, 0.717) is 15.5 Å². The highest BCUT2D eigenvalue weighted by molar-refractivity contribution is 8.01. The Bertz CT molecular complexity index is 601. The lowest BCUT2D eigenvalue weighted by Crippen LogP contribution is -2.17. The first kappa shape index (κ1) is 16.3. The van der Waals surface area contributed by atoms with E-state index in [9.17, 15) is 13.2 Å². The lowest BCUT2D eigenvalue weighted by Gasteiger charge is -2.13. The second kappa shape index (κ2) is 6.13. The van der Waals surface area contributed by atoms with Gasteiger partial charge in [0.1, 0.15) is 5.25 Å². The van der Waals surface area contributed by atoms with Crippen LogP contribution >= 0.6 is 23.4 Å². The molecule has 1 rings (SSSR count). The second-order valence-corrected chi connectivity index (χ2v) is 7.20. The maximum Gasteiger partial charge on any atom is 0.318 e. The summed E-state index contributed by atoms with van der Waals surface area (Å²) in [5, 5.41) is 5.00. The topological polar surface area (TPSA) is 86.5 Å². The van der Waals surface area contributed by atoms with Gasteiger partial charge >= 0.3 is 5.97 Å². The molecule has 106 valence electrons. The number of thioether (sulfide) groups is 1. The Morgan fingerprint density at radius 3 is 2.53 bits per heavy atom. The van der Waals surface area contributed by atoms with E-state index in [2.05, 4.69) is 4.74 Å². The van der Waals surface area contributed by atoms with Crippen LogP contribution in [0.4, 0.5) is 0 Å². The molecule has 0 amide bonds. The average molecular weight is 324 g/mol. The summed E-state index contributed by atoms with van der Waals surface area (Å²) >= 11 is 7.00. The van der Waals surface area contributed by atoms with Crippen molar-refractivity contribution in [2.24, 2.45) is 5.14 Å². The minimum atomic E-state index is -3.88. The molecule has 0 aliphatic heterocycles. The number of rotatable bonds is 4. The molecule has 2 N–H and O–H groups in total. The molecule has 0 spiro atoms. The summed E-state index contributed by atoms with van der Waals surface area (Å²) in [6, 6.07) is 2.88. The van der Waals surface area contributed by atoms with Gasteiger partial charge in [-0.2, -0.15) is 0 Å². The molecule has 1 aromatic carbocycles. The Morgan fingerprint density at radius 1 is 1.47 bits per heavy atom. The standard InChI is InChI=1S/C11H14ClNO4S2/c1-6-4-10(19(13,15)16)9(5-8(6)12)18-7(2)11(14)17-3/h4-5,7H,1-3H3,(H2,13,15,16). The van der Waals surface area contributed by atoms with E-state index < -0.39 is 21.2 Å². The highest BCUT2D eigenvalue weighted by Crippen LogP contribution is 2.33. The summed E-state index contributed by atoms with van der Waals surface area (Å²) in [6.45, 7) is 3.28. The zero-order valence-electron chi connectivity index (χ0n) is 10.6. The Labute approximate surface area is 121 Å². The molecule has 0 saturated carbocycles. The first-order chi connectivity index (χ1) is 8.66. The van der Waals surface area contributed by atoms with Gasteiger partial charge in [-0.25, -0.2) is 13.6 Å². The summed E-state index contributed by atoms with van der Waals surface area (Å²) in [6.07, 6.45) is 0. The zero-order chi connectivity index (χ0) is 14.8. The number of carbonyl (C=O) groups is 1. The van der Waals surface area contributed by atoms with Gasteiger partial charge in [0, 0.05) is 9.92 Å². The van der Waals surface area contributed by atoms with Crippen molar-refractivity contribution in [3.8, 4) is 0 Å². The van der Waals surface area contributed by atoms with Crippen molar-refractivity contribution in [2.75, 3.05) is 7.11 Å². The molecular formula is C11H14ClNO4S2. The monoisotopic (exact) mass is 323 g/mol. The zero-order valence-corrected chi connectivity index (χ0v) is 13.0. The van der Waals surface area contributed by atoms with E-state index in [0.717, 1.165) is 11.8 Å². The van der Waals surface area contributed by atoms with Crippen molar-refractivity contribution in [1.29, 1.82) is 0 Å².